The average molecular weight is 282 g/mol. The second-order valence-electron chi connectivity index (χ2n) is 4.95. The quantitative estimate of drug-likeness (QED) is 0.927. The zero-order valence-electron chi connectivity index (χ0n) is 11.4. The Morgan fingerprint density at radius 3 is 2.00 bits per heavy atom. The van der Waals surface area contributed by atoms with Gasteiger partial charge in [-0.15, -0.1) is 0 Å². The van der Waals surface area contributed by atoms with Crippen LogP contribution in [0.2, 0.25) is 0 Å². The van der Waals surface area contributed by atoms with Gasteiger partial charge in [0.2, 0.25) is 10.0 Å². The third kappa shape index (κ3) is 3.48. The van der Waals surface area contributed by atoms with Crippen molar-refractivity contribution >= 4 is 15.7 Å². The van der Waals surface area contributed by atoms with E-state index in [9.17, 15) is 8.42 Å². The molecule has 1 N–H and O–H groups in total. The summed E-state index contributed by atoms with van der Waals surface area (Å²) < 4.78 is 26.8. The molecule has 1 aliphatic heterocycles. The zero-order chi connectivity index (χ0) is 13.7. The molecule has 0 bridgehead atoms. The molecule has 1 saturated heterocycles. The van der Waals surface area contributed by atoms with Crippen molar-refractivity contribution in [1.29, 1.82) is 0 Å². The summed E-state index contributed by atoms with van der Waals surface area (Å²) >= 11 is 0. The Hall–Kier alpha value is -1.07. The van der Waals surface area contributed by atoms with Crippen LogP contribution in [0.3, 0.4) is 0 Å². The molecule has 0 unspecified atom stereocenters. The van der Waals surface area contributed by atoms with Crippen LogP contribution in [-0.4, -0.2) is 32.9 Å². The number of benzene rings is 1. The lowest BCUT2D eigenvalue weighted by atomic mass is 10.1. The molecule has 1 heterocycles. The smallest absolute Gasteiger partial charge is 0.243 e. The van der Waals surface area contributed by atoms with Crippen LogP contribution in [0.1, 0.15) is 32.1 Å². The first-order valence-electron chi connectivity index (χ1n) is 6.92. The summed E-state index contributed by atoms with van der Waals surface area (Å²) in [5.41, 5.74) is 0.923. The molecule has 0 atom stereocenters. The van der Waals surface area contributed by atoms with Gasteiger partial charge in [-0.05, 0) is 37.1 Å². The maximum Gasteiger partial charge on any atom is 0.243 e. The van der Waals surface area contributed by atoms with Crippen molar-refractivity contribution in [2.45, 2.75) is 37.0 Å². The van der Waals surface area contributed by atoms with Crippen LogP contribution in [0.5, 0.6) is 0 Å². The molecule has 19 heavy (non-hydrogen) atoms. The van der Waals surface area contributed by atoms with E-state index < -0.39 is 10.0 Å². The Kier molecular flexibility index (Phi) is 4.82. The van der Waals surface area contributed by atoms with Crippen LogP contribution in [0.25, 0.3) is 0 Å². The summed E-state index contributed by atoms with van der Waals surface area (Å²) in [7, 11) is -1.50. The van der Waals surface area contributed by atoms with Gasteiger partial charge in [0.25, 0.3) is 0 Å². The number of hydrogen-bond acceptors (Lipinski definition) is 3. The Morgan fingerprint density at radius 1 is 0.947 bits per heavy atom. The van der Waals surface area contributed by atoms with Gasteiger partial charge in [-0.2, -0.15) is 4.31 Å². The molecule has 0 aromatic heterocycles. The molecule has 4 nitrogen and oxygen atoms in total. The molecule has 1 aromatic carbocycles. The summed E-state index contributed by atoms with van der Waals surface area (Å²) in [5, 5.41) is 2.99. The van der Waals surface area contributed by atoms with Crippen LogP contribution in [-0.2, 0) is 10.0 Å². The molecular formula is C14H22N2O2S. The fourth-order valence-electron chi connectivity index (χ4n) is 2.40. The first kappa shape index (κ1) is 14.3. The molecule has 0 aliphatic carbocycles. The summed E-state index contributed by atoms with van der Waals surface area (Å²) in [6.45, 7) is 1.30. The van der Waals surface area contributed by atoms with Gasteiger partial charge in [0.15, 0.2) is 0 Å². The number of anilines is 1. The van der Waals surface area contributed by atoms with E-state index in [1.807, 2.05) is 7.05 Å². The molecule has 0 spiro atoms. The van der Waals surface area contributed by atoms with E-state index in [1.165, 1.54) is 6.42 Å². The van der Waals surface area contributed by atoms with Gasteiger partial charge in [0.05, 0.1) is 4.90 Å². The summed E-state index contributed by atoms with van der Waals surface area (Å²) in [6, 6.07) is 6.97. The number of sulfonamides is 1. The molecule has 1 aromatic rings. The predicted molar refractivity (Wildman–Crippen MR) is 77.8 cm³/mol. The third-order valence-electron chi connectivity index (χ3n) is 3.60. The van der Waals surface area contributed by atoms with Gasteiger partial charge < -0.3 is 5.32 Å². The van der Waals surface area contributed by atoms with Crippen LogP contribution in [0.15, 0.2) is 29.2 Å². The van der Waals surface area contributed by atoms with Crippen molar-refractivity contribution in [1.82, 2.24) is 4.31 Å². The Morgan fingerprint density at radius 2 is 1.47 bits per heavy atom. The highest BCUT2D eigenvalue weighted by molar-refractivity contribution is 7.89. The van der Waals surface area contributed by atoms with E-state index in [2.05, 4.69) is 5.32 Å². The second kappa shape index (κ2) is 6.39. The molecule has 0 radical (unpaired) electrons. The number of rotatable bonds is 3. The maximum absolute atomic E-state index is 12.6. The van der Waals surface area contributed by atoms with Gasteiger partial charge in [-0.1, -0.05) is 19.3 Å². The second-order valence-corrected chi connectivity index (χ2v) is 6.88. The van der Waals surface area contributed by atoms with Crippen LogP contribution >= 0.6 is 0 Å². The molecule has 0 saturated carbocycles. The standard InChI is InChI=1S/C14H22N2O2S/c1-15-13-7-9-14(10-8-13)19(17,18)16-11-5-3-2-4-6-12-16/h7-10,15H,2-6,11-12H2,1H3. The molecule has 5 heteroatoms. The van der Waals surface area contributed by atoms with E-state index >= 15 is 0 Å². The minimum absolute atomic E-state index is 0.395. The lowest BCUT2D eigenvalue weighted by molar-refractivity contribution is 0.364. The van der Waals surface area contributed by atoms with Crippen molar-refractivity contribution in [3.63, 3.8) is 0 Å². The van der Waals surface area contributed by atoms with Crippen LogP contribution < -0.4 is 5.32 Å². The molecule has 106 valence electrons. The van der Waals surface area contributed by atoms with Crippen molar-refractivity contribution in [3.05, 3.63) is 24.3 Å². The zero-order valence-corrected chi connectivity index (χ0v) is 12.2. The molecular weight excluding hydrogens is 260 g/mol. The lowest BCUT2D eigenvalue weighted by Crippen LogP contribution is -2.33. The number of nitrogens with zero attached hydrogens (tertiary/aromatic N) is 1. The van der Waals surface area contributed by atoms with E-state index in [0.29, 0.717) is 18.0 Å². The highest BCUT2D eigenvalue weighted by Gasteiger charge is 2.24. The van der Waals surface area contributed by atoms with Crippen molar-refractivity contribution in [2.24, 2.45) is 0 Å². The SMILES string of the molecule is CNc1ccc(S(=O)(=O)N2CCCCCCC2)cc1. The summed E-state index contributed by atoms with van der Waals surface area (Å²) in [6.07, 6.45) is 5.42. The minimum atomic E-state index is -3.32. The lowest BCUT2D eigenvalue weighted by Gasteiger charge is -2.24. The molecule has 1 fully saturated rings. The van der Waals surface area contributed by atoms with Crippen LogP contribution in [0.4, 0.5) is 5.69 Å². The van der Waals surface area contributed by atoms with E-state index in [-0.39, 0.29) is 0 Å². The molecule has 1 aliphatic rings. The van der Waals surface area contributed by atoms with Gasteiger partial charge >= 0.3 is 0 Å². The number of hydrogen-bond donors (Lipinski definition) is 1. The Balaban J connectivity index is 2.18. The van der Waals surface area contributed by atoms with Gasteiger partial charge in [0, 0.05) is 25.8 Å². The van der Waals surface area contributed by atoms with E-state index in [0.717, 1.165) is 31.4 Å². The molecule has 0 amide bonds. The van der Waals surface area contributed by atoms with Gasteiger partial charge in [-0.3, -0.25) is 0 Å². The normalized spacial score (nSPS) is 18.6. The average Bonchev–Trinajstić information content (AvgIpc) is 2.38. The number of nitrogens with one attached hydrogen (secondary N) is 1. The van der Waals surface area contributed by atoms with Crippen molar-refractivity contribution in [3.8, 4) is 0 Å². The van der Waals surface area contributed by atoms with Crippen LogP contribution in [0, 0.1) is 0 Å². The van der Waals surface area contributed by atoms with Gasteiger partial charge in [-0.25, -0.2) is 8.42 Å². The van der Waals surface area contributed by atoms with E-state index in [1.54, 1.807) is 28.6 Å². The first-order chi connectivity index (χ1) is 9.14. The third-order valence-corrected chi connectivity index (χ3v) is 5.51. The Labute approximate surface area is 115 Å². The summed E-state index contributed by atoms with van der Waals surface area (Å²) in [5.74, 6) is 0. The highest BCUT2D eigenvalue weighted by atomic mass is 32.2. The van der Waals surface area contributed by atoms with Gasteiger partial charge in [0.1, 0.15) is 0 Å². The van der Waals surface area contributed by atoms with E-state index in [4.69, 9.17) is 0 Å². The molecule has 2 rings (SSSR count). The minimum Gasteiger partial charge on any atom is -0.388 e. The predicted octanol–water partition coefficient (Wildman–Crippen LogP) is 2.68. The first-order valence-corrected chi connectivity index (χ1v) is 8.36. The Bertz CT molecular complexity index is 489. The topological polar surface area (TPSA) is 49.4 Å². The fraction of sp³-hybridized carbons (Fsp3) is 0.571. The van der Waals surface area contributed by atoms with Crippen molar-refractivity contribution in [2.75, 3.05) is 25.5 Å². The largest absolute Gasteiger partial charge is 0.388 e. The maximum atomic E-state index is 12.6. The highest BCUT2D eigenvalue weighted by Crippen LogP contribution is 2.21. The van der Waals surface area contributed by atoms with Crippen molar-refractivity contribution < 1.29 is 8.42 Å². The summed E-state index contributed by atoms with van der Waals surface area (Å²) in [4.78, 5) is 0.395. The fourth-order valence-corrected chi connectivity index (χ4v) is 3.92. The monoisotopic (exact) mass is 282 g/mol.